The molecule has 0 aromatic heterocycles. The molecule has 44 heavy (non-hydrogen) atoms. The van der Waals surface area contributed by atoms with Gasteiger partial charge in [-0.05, 0) is 91.7 Å². The van der Waals surface area contributed by atoms with Gasteiger partial charge in [-0.1, -0.05) is 159 Å². The highest BCUT2D eigenvalue weighted by molar-refractivity contribution is 6.22. The van der Waals surface area contributed by atoms with Crippen molar-refractivity contribution in [2.24, 2.45) is 0 Å². The van der Waals surface area contributed by atoms with E-state index in [4.69, 9.17) is 0 Å². The number of hydrogen-bond acceptors (Lipinski definition) is 1. The second kappa shape index (κ2) is 13.1. The minimum Gasteiger partial charge on any atom is -0.309 e. The molecule has 1 unspecified atom stereocenters. The Balaban J connectivity index is 1.66. The summed E-state index contributed by atoms with van der Waals surface area (Å²) in [7, 11) is 2.06. The first-order chi connectivity index (χ1) is 21.7. The highest BCUT2D eigenvalue weighted by Gasteiger charge is 2.21. The molecule has 0 fully saturated rings. The van der Waals surface area contributed by atoms with Gasteiger partial charge in [0.2, 0.25) is 0 Å². The van der Waals surface area contributed by atoms with Gasteiger partial charge in [0.05, 0.1) is 6.04 Å². The normalized spacial score (nSPS) is 13.2. The van der Waals surface area contributed by atoms with Gasteiger partial charge in [-0.2, -0.15) is 0 Å². The van der Waals surface area contributed by atoms with E-state index in [9.17, 15) is 0 Å². The lowest BCUT2D eigenvalue weighted by Gasteiger charge is -2.24. The third kappa shape index (κ3) is 5.21. The Morgan fingerprint density at radius 2 is 1.30 bits per heavy atom. The smallest absolute Gasteiger partial charge is 0.0583 e. The summed E-state index contributed by atoms with van der Waals surface area (Å²) < 4.78 is 0. The molecule has 1 atom stereocenters. The zero-order valence-electron chi connectivity index (χ0n) is 25.8. The zero-order chi connectivity index (χ0) is 30.5. The number of allylic oxidation sites excluding steroid dienone is 6. The van der Waals surface area contributed by atoms with Crippen LogP contribution in [-0.4, -0.2) is 7.05 Å². The van der Waals surface area contributed by atoms with E-state index in [1.54, 1.807) is 0 Å². The molecule has 0 aliphatic carbocycles. The molecule has 0 spiro atoms. The van der Waals surface area contributed by atoms with Gasteiger partial charge >= 0.3 is 0 Å². The molecular weight excluding hydrogens is 530 g/mol. The molecule has 6 aromatic rings. The lowest BCUT2D eigenvalue weighted by Crippen LogP contribution is -2.18. The van der Waals surface area contributed by atoms with E-state index in [1.165, 1.54) is 71.3 Å². The van der Waals surface area contributed by atoms with Crippen LogP contribution in [0.25, 0.3) is 54.6 Å². The quantitative estimate of drug-likeness (QED) is 0.135. The number of fused-ring (bicyclic) bond motifs is 3. The summed E-state index contributed by atoms with van der Waals surface area (Å²) in [5, 5.41) is 11.1. The molecule has 6 aromatic carbocycles. The maximum Gasteiger partial charge on any atom is 0.0583 e. The van der Waals surface area contributed by atoms with Crippen LogP contribution in [-0.2, 0) is 0 Å². The molecule has 0 bridgehead atoms. The standard InChI is InChI=1S/C43H39N/c1-5-8-19-31(18-6-2)41-36-22-12-14-24-38(36)42(39-25-15-13-23-37(39)41)35-28-16-27-34-33(35)26-17-29-40(34)43(44-4)32(7-3)30-20-10-9-11-21-30/h6-29,43-44H,2,5H2,1,3-4H3/b19-8-,31-18+,32-7-. The molecule has 0 saturated heterocycles. The van der Waals surface area contributed by atoms with Gasteiger partial charge in [-0.15, -0.1) is 0 Å². The maximum absolute atomic E-state index is 4.04. The van der Waals surface area contributed by atoms with E-state index in [1.807, 2.05) is 6.08 Å². The average Bonchev–Trinajstić information content (AvgIpc) is 3.08. The number of hydrogen-bond donors (Lipinski definition) is 1. The minimum absolute atomic E-state index is 0.0502. The van der Waals surface area contributed by atoms with Crippen LogP contribution in [0.15, 0.2) is 152 Å². The number of nitrogens with one attached hydrogen (secondary N) is 1. The molecule has 0 heterocycles. The van der Waals surface area contributed by atoms with Crippen LogP contribution in [0.3, 0.4) is 0 Å². The Morgan fingerprint density at radius 1 is 0.705 bits per heavy atom. The van der Waals surface area contributed by atoms with E-state index >= 15 is 0 Å². The molecule has 0 aliphatic rings. The predicted octanol–water partition coefficient (Wildman–Crippen LogP) is 11.7. The Hall–Kier alpha value is -4.98. The van der Waals surface area contributed by atoms with E-state index < -0.39 is 0 Å². The largest absolute Gasteiger partial charge is 0.309 e. The van der Waals surface area contributed by atoms with Crippen LogP contribution in [0.2, 0.25) is 0 Å². The first-order valence-corrected chi connectivity index (χ1v) is 15.6. The van der Waals surface area contributed by atoms with Gasteiger partial charge < -0.3 is 5.32 Å². The van der Waals surface area contributed by atoms with Crippen molar-refractivity contribution in [2.45, 2.75) is 26.3 Å². The summed E-state index contributed by atoms with van der Waals surface area (Å²) in [6.45, 7) is 8.35. The highest BCUT2D eigenvalue weighted by atomic mass is 14.9. The summed E-state index contributed by atoms with van der Waals surface area (Å²) >= 11 is 0. The lowest BCUT2D eigenvalue weighted by molar-refractivity contribution is 0.736. The molecule has 0 amide bonds. The molecule has 216 valence electrons. The van der Waals surface area contributed by atoms with Crippen molar-refractivity contribution in [3.8, 4) is 11.1 Å². The van der Waals surface area contributed by atoms with Crippen LogP contribution in [0.4, 0.5) is 0 Å². The third-order valence-electron chi connectivity index (χ3n) is 8.60. The van der Waals surface area contributed by atoms with E-state index in [0.717, 1.165) is 6.42 Å². The van der Waals surface area contributed by atoms with Crippen LogP contribution >= 0.6 is 0 Å². The van der Waals surface area contributed by atoms with Crippen LogP contribution in [0.1, 0.15) is 43.0 Å². The zero-order valence-corrected chi connectivity index (χ0v) is 25.8. The molecular formula is C43H39N. The van der Waals surface area contributed by atoms with E-state index in [0.29, 0.717) is 0 Å². The van der Waals surface area contributed by atoms with E-state index in [-0.39, 0.29) is 6.04 Å². The fourth-order valence-corrected chi connectivity index (χ4v) is 6.74. The maximum atomic E-state index is 4.04. The first kappa shape index (κ1) is 29.1. The van der Waals surface area contributed by atoms with Crippen LogP contribution < -0.4 is 5.32 Å². The Morgan fingerprint density at radius 3 is 1.91 bits per heavy atom. The summed E-state index contributed by atoms with van der Waals surface area (Å²) in [4.78, 5) is 0. The van der Waals surface area contributed by atoms with Crippen molar-refractivity contribution in [3.63, 3.8) is 0 Å². The van der Waals surface area contributed by atoms with E-state index in [2.05, 4.69) is 172 Å². The first-order valence-electron chi connectivity index (χ1n) is 15.6. The van der Waals surface area contributed by atoms with Crippen molar-refractivity contribution in [1.29, 1.82) is 0 Å². The average molecular weight is 570 g/mol. The van der Waals surface area contributed by atoms with Gasteiger partial charge in [0, 0.05) is 0 Å². The second-order valence-corrected chi connectivity index (χ2v) is 11.1. The molecule has 1 nitrogen and oxygen atoms in total. The Labute approximate surface area is 261 Å². The summed E-state index contributed by atoms with van der Waals surface area (Å²) in [5.41, 5.74) is 8.73. The number of likely N-dealkylation sites (N-methyl/N-ethyl adjacent to an activating group) is 1. The monoisotopic (exact) mass is 569 g/mol. The lowest BCUT2D eigenvalue weighted by atomic mass is 9.83. The third-order valence-corrected chi connectivity index (χ3v) is 8.60. The molecule has 0 saturated carbocycles. The highest BCUT2D eigenvalue weighted by Crippen LogP contribution is 2.45. The van der Waals surface area contributed by atoms with Crippen molar-refractivity contribution in [1.82, 2.24) is 5.32 Å². The van der Waals surface area contributed by atoms with Crippen molar-refractivity contribution < 1.29 is 0 Å². The van der Waals surface area contributed by atoms with Gasteiger partial charge in [-0.3, -0.25) is 0 Å². The van der Waals surface area contributed by atoms with Gasteiger partial charge in [0.25, 0.3) is 0 Å². The summed E-state index contributed by atoms with van der Waals surface area (Å²) in [6, 6.07) is 42.0. The predicted molar refractivity (Wildman–Crippen MR) is 194 cm³/mol. The van der Waals surface area contributed by atoms with Crippen molar-refractivity contribution in [2.75, 3.05) is 7.05 Å². The van der Waals surface area contributed by atoms with Crippen LogP contribution in [0, 0.1) is 0 Å². The minimum atomic E-state index is 0.0502. The fourth-order valence-electron chi connectivity index (χ4n) is 6.74. The molecule has 1 heteroatoms. The second-order valence-electron chi connectivity index (χ2n) is 11.1. The SMILES string of the molecule is C=C/C=C(\C=C/CC)c1c2ccccc2c(-c2cccc3c(C(NC)/C(=C\C)c4ccccc4)cccc23)c2ccccc12. The molecule has 6 rings (SSSR count). The fraction of sp³-hybridized carbons (Fsp3) is 0.116. The molecule has 0 aliphatic heterocycles. The van der Waals surface area contributed by atoms with Gasteiger partial charge in [0.1, 0.15) is 0 Å². The Bertz CT molecular complexity index is 2000. The summed E-state index contributed by atoms with van der Waals surface area (Å²) in [6.07, 6.45) is 11.7. The number of benzene rings is 6. The molecule has 1 N–H and O–H groups in total. The van der Waals surface area contributed by atoms with Crippen molar-refractivity contribution in [3.05, 3.63) is 169 Å². The van der Waals surface area contributed by atoms with Gasteiger partial charge in [0.15, 0.2) is 0 Å². The van der Waals surface area contributed by atoms with Crippen LogP contribution in [0.5, 0.6) is 0 Å². The molecule has 0 radical (unpaired) electrons. The Kier molecular flexibility index (Phi) is 8.68. The van der Waals surface area contributed by atoms with Crippen molar-refractivity contribution >= 4 is 43.5 Å². The summed E-state index contributed by atoms with van der Waals surface area (Å²) in [5.74, 6) is 0. The topological polar surface area (TPSA) is 12.0 Å². The van der Waals surface area contributed by atoms with Gasteiger partial charge in [-0.25, -0.2) is 0 Å². The number of rotatable bonds is 9.